The van der Waals surface area contributed by atoms with E-state index >= 15 is 0 Å². The number of rotatable bonds is 5. The molecular weight excluding hydrogens is 346 g/mol. The minimum atomic E-state index is -0.0619. The van der Waals surface area contributed by atoms with Gasteiger partial charge in [0.15, 0.2) is 0 Å². The maximum absolute atomic E-state index is 13.1. The Morgan fingerprint density at radius 3 is 2.46 bits per heavy atom. The summed E-state index contributed by atoms with van der Waals surface area (Å²) < 4.78 is 0. The standard InChI is InChI=1S/C24H29N3O/c1-20(24(28)27-15-13-22-11-5-6-12-23(22)27)26-18-16-25(17-19-26)14-7-10-21-8-3-2-4-9-21/h2-12,20H,13-19H2,1H3/b10-7+. The first kappa shape index (κ1) is 18.9. The van der Waals surface area contributed by atoms with Crippen LogP contribution in [-0.2, 0) is 11.2 Å². The van der Waals surface area contributed by atoms with E-state index < -0.39 is 0 Å². The fourth-order valence-electron chi connectivity index (χ4n) is 4.18. The topological polar surface area (TPSA) is 26.8 Å². The number of nitrogens with zero attached hydrogens (tertiary/aromatic N) is 3. The van der Waals surface area contributed by atoms with Crippen molar-refractivity contribution in [2.45, 2.75) is 19.4 Å². The van der Waals surface area contributed by atoms with Crippen molar-refractivity contribution in [3.05, 3.63) is 71.8 Å². The van der Waals surface area contributed by atoms with Crippen LogP contribution in [0.15, 0.2) is 60.7 Å². The highest BCUT2D eigenvalue weighted by atomic mass is 16.2. The lowest BCUT2D eigenvalue weighted by Crippen LogP contribution is -2.54. The van der Waals surface area contributed by atoms with Crippen LogP contribution in [0, 0.1) is 0 Å². The molecule has 4 rings (SSSR count). The number of carbonyl (C=O) groups is 1. The van der Waals surface area contributed by atoms with E-state index in [1.54, 1.807) is 0 Å². The molecule has 1 amide bonds. The van der Waals surface area contributed by atoms with E-state index in [1.165, 1.54) is 11.1 Å². The Balaban J connectivity index is 1.28. The van der Waals surface area contributed by atoms with Crippen molar-refractivity contribution in [2.75, 3.05) is 44.2 Å². The molecule has 0 N–H and O–H groups in total. The van der Waals surface area contributed by atoms with E-state index in [1.807, 2.05) is 17.0 Å². The van der Waals surface area contributed by atoms with Gasteiger partial charge in [-0.1, -0.05) is 60.7 Å². The summed E-state index contributed by atoms with van der Waals surface area (Å²) >= 11 is 0. The number of anilines is 1. The molecule has 2 aromatic carbocycles. The summed E-state index contributed by atoms with van der Waals surface area (Å²) in [7, 11) is 0. The molecule has 4 heteroatoms. The third kappa shape index (κ3) is 4.18. The van der Waals surface area contributed by atoms with Crippen LogP contribution in [0.2, 0.25) is 0 Å². The average molecular weight is 376 g/mol. The Hall–Kier alpha value is -2.43. The molecule has 0 aliphatic carbocycles. The van der Waals surface area contributed by atoms with Crippen LogP contribution in [-0.4, -0.2) is 61.0 Å². The Morgan fingerprint density at radius 1 is 0.964 bits per heavy atom. The van der Waals surface area contributed by atoms with Gasteiger partial charge in [0.05, 0.1) is 6.04 Å². The molecule has 2 aromatic rings. The fraction of sp³-hybridized carbons (Fsp3) is 0.375. The zero-order valence-corrected chi connectivity index (χ0v) is 16.6. The van der Waals surface area contributed by atoms with Crippen molar-refractivity contribution in [2.24, 2.45) is 0 Å². The van der Waals surface area contributed by atoms with Gasteiger partial charge in [-0.15, -0.1) is 0 Å². The van der Waals surface area contributed by atoms with Gasteiger partial charge in [0.25, 0.3) is 0 Å². The van der Waals surface area contributed by atoms with Crippen LogP contribution >= 0.6 is 0 Å². The van der Waals surface area contributed by atoms with Gasteiger partial charge in [-0.2, -0.15) is 0 Å². The third-order valence-corrected chi connectivity index (χ3v) is 5.94. The van der Waals surface area contributed by atoms with Gasteiger partial charge in [-0.25, -0.2) is 0 Å². The molecule has 0 bridgehead atoms. The normalized spacial score (nSPS) is 19.1. The Labute approximate surface area is 168 Å². The number of amides is 1. The van der Waals surface area contributed by atoms with Gasteiger partial charge in [0, 0.05) is 45.0 Å². The average Bonchev–Trinajstić information content (AvgIpc) is 3.18. The summed E-state index contributed by atoms with van der Waals surface area (Å²) in [6.45, 7) is 7.75. The molecule has 0 spiro atoms. The minimum Gasteiger partial charge on any atom is -0.310 e. The van der Waals surface area contributed by atoms with Gasteiger partial charge >= 0.3 is 0 Å². The van der Waals surface area contributed by atoms with E-state index in [9.17, 15) is 4.79 Å². The van der Waals surface area contributed by atoms with E-state index in [2.05, 4.69) is 71.3 Å². The molecule has 28 heavy (non-hydrogen) atoms. The number of para-hydroxylation sites is 1. The van der Waals surface area contributed by atoms with E-state index in [0.29, 0.717) is 0 Å². The number of piperazine rings is 1. The first-order valence-electron chi connectivity index (χ1n) is 10.3. The molecule has 146 valence electrons. The zero-order valence-electron chi connectivity index (χ0n) is 16.6. The van der Waals surface area contributed by atoms with Crippen molar-refractivity contribution in [3.8, 4) is 0 Å². The number of fused-ring (bicyclic) bond motifs is 1. The minimum absolute atomic E-state index is 0.0619. The summed E-state index contributed by atoms with van der Waals surface area (Å²) in [5.74, 6) is 0.238. The lowest BCUT2D eigenvalue weighted by atomic mass is 10.1. The third-order valence-electron chi connectivity index (χ3n) is 5.94. The van der Waals surface area contributed by atoms with Crippen LogP contribution < -0.4 is 4.90 Å². The van der Waals surface area contributed by atoms with Crippen molar-refractivity contribution in [1.29, 1.82) is 0 Å². The largest absolute Gasteiger partial charge is 0.310 e. The fourth-order valence-corrected chi connectivity index (χ4v) is 4.18. The summed E-state index contributed by atoms with van der Waals surface area (Å²) in [4.78, 5) is 19.8. The van der Waals surface area contributed by atoms with Gasteiger partial charge in [0.2, 0.25) is 5.91 Å². The maximum atomic E-state index is 13.1. The molecule has 2 heterocycles. The second kappa shape index (κ2) is 8.72. The second-order valence-corrected chi connectivity index (χ2v) is 7.69. The van der Waals surface area contributed by atoms with E-state index in [-0.39, 0.29) is 11.9 Å². The highest BCUT2D eigenvalue weighted by Gasteiger charge is 2.32. The number of hydrogen-bond acceptors (Lipinski definition) is 3. The summed E-state index contributed by atoms with van der Waals surface area (Å²) in [5, 5.41) is 0. The molecule has 1 saturated heterocycles. The van der Waals surface area contributed by atoms with Crippen molar-refractivity contribution in [1.82, 2.24) is 9.80 Å². The molecule has 2 aliphatic heterocycles. The molecule has 1 unspecified atom stereocenters. The number of hydrogen-bond donors (Lipinski definition) is 0. The van der Waals surface area contributed by atoms with Gasteiger partial charge < -0.3 is 4.90 Å². The Bertz CT molecular complexity index is 825. The molecule has 1 atom stereocenters. The molecular formula is C24H29N3O. The summed E-state index contributed by atoms with van der Waals surface area (Å²) in [6.07, 6.45) is 5.39. The molecule has 0 aromatic heterocycles. The van der Waals surface area contributed by atoms with Crippen LogP contribution in [0.5, 0.6) is 0 Å². The highest BCUT2D eigenvalue weighted by molar-refractivity contribution is 5.98. The molecule has 1 fully saturated rings. The Morgan fingerprint density at radius 2 is 1.68 bits per heavy atom. The monoisotopic (exact) mass is 375 g/mol. The van der Waals surface area contributed by atoms with Gasteiger partial charge in [-0.3, -0.25) is 14.6 Å². The SMILES string of the molecule is CC(C(=O)N1CCc2ccccc21)N1CCN(C/C=C/c2ccccc2)CC1. The number of benzene rings is 2. The van der Waals surface area contributed by atoms with Gasteiger partial charge in [0.1, 0.15) is 0 Å². The van der Waals surface area contributed by atoms with Crippen LogP contribution in [0.25, 0.3) is 6.08 Å². The lowest BCUT2D eigenvalue weighted by Gasteiger charge is -2.38. The van der Waals surface area contributed by atoms with Crippen LogP contribution in [0.4, 0.5) is 5.69 Å². The highest BCUT2D eigenvalue weighted by Crippen LogP contribution is 2.28. The molecule has 4 nitrogen and oxygen atoms in total. The molecule has 0 saturated carbocycles. The van der Waals surface area contributed by atoms with Crippen LogP contribution in [0.1, 0.15) is 18.1 Å². The second-order valence-electron chi connectivity index (χ2n) is 7.69. The molecule has 0 radical (unpaired) electrons. The van der Waals surface area contributed by atoms with E-state index in [0.717, 1.165) is 51.4 Å². The molecule has 2 aliphatic rings. The quantitative estimate of drug-likeness (QED) is 0.802. The number of carbonyl (C=O) groups excluding carboxylic acids is 1. The predicted molar refractivity (Wildman–Crippen MR) is 115 cm³/mol. The summed E-state index contributed by atoms with van der Waals surface area (Å²) in [5.41, 5.74) is 3.63. The van der Waals surface area contributed by atoms with Crippen molar-refractivity contribution >= 4 is 17.7 Å². The zero-order chi connectivity index (χ0) is 19.3. The van der Waals surface area contributed by atoms with E-state index in [4.69, 9.17) is 0 Å². The van der Waals surface area contributed by atoms with Crippen molar-refractivity contribution in [3.63, 3.8) is 0 Å². The lowest BCUT2D eigenvalue weighted by molar-refractivity contribution is -0.123. The summed E-state index contributed by atoms with van der Waals surface area (Å²) in [6, 6.07) is 18.6. The van der Waals surface area contributed by atoms with Crippen molar-refractivity contribution < 1.29 is 4.79 Å². The smallest absolute Gasteiger partial charge is 0.244 e. The van der Waals surface area contributed by atoms with Crippen LogP contribution in [0.3, 0.4) is 0 Å². The first-order chi connectivity index (χ1) is 13.7. The first-order valence-corrected chi connectivity index (χ1v) is 10.3. The van der Waals surface area contributed by atoms with Gasteiger partial charge in [-0.05, 0) is 30.5 Å². The maximum Gasteiger partial charge on any atom is 0.244 e. The predicted octanol–water partition coefficient (Wildman–Crippen LogP) is 3.30. The Kier molecular flexibility index (Phi) is 5.89.